The number of ether oxygens (including phenoxy) is 6. The molecular formula is C64H96N4O13. The van der Waals surface area contributed by atoms with Crippen molar-refractivity contribution >= 4 is 29.2 Å². The van der Waals surface area contributed by atoms with Gasteiger partial charge in [0.05, 0.1) is 48.9 Å². The van der Waals surface area contributed by atoms with Gasteiger partial charge in [0, 0.05) is 58.5 Å². The predicted octanol–water partition coefficient (Wildman–Crippen LogP) is 8.92. The molecule has 0 spiro atoms. The number of allylic oxidation sites excluding steroid dienone is 6. The molecule has 6 bridgehead atoms. The summed E-state index contributed by atoms with van der Waals surface area (Å²) in [5, 5.41) is 33.0. The van der Waals surface area contributed by atoms with Gasteiger partial charge in [-0.05, 0) is 163 Å². The molecule has 2 N–H and O–H groups in total. The molecule has 9 rings (SSSR count). The number of amides is 1. The molecule has 3 aliphatic heterocycles. The molecule has 17 heteroatoms. The van der Waals surface area contributed by atoms with Crippen LogP contribution in [0.25, 0.3) is 0 Å². The summed E-state index contributed by atoms with van der Waals surface area (Å²) in [5.41, 5.74) is 2.11. The molecule has 5 saturated carbocycles. The van der Waals surface area contributed by atoms with Crippen molar-refractivity contribution in [1.82, 2.24) is 19.9 Å². The first kappa shape index (κ1) is 62.8. The van der Waals surface area contributed by atoms with Gasteiger partial charge < -0.3 is 43.5 Å². The Kier molecular flexibility index (Phi) is 21.4. The number of aromatic nitrogens is 3. The molecule has 15 atom stereocenters. The summed E-state index contributed by atoms with van der Waals surface area (Å²) in [4.78, 5) is 73.1. The van der Waals surface area contributed by atoms with Crippen molar-refractivity contribution in [2.75, 3.05) is 27.9 Å². The second kappa shape index (κ2) is 27.7. The number of fused-ring (bicyclic) bond motifs is 3. The smallest absolute Gasteiger partial charge is 0.329 e. The van der Waals surface area contributed by atoms with E-state index in [4.69, 9.17) is 28.4 Å². The number of nitrogens with zero attached hydrogens (tertiary/aromatic N) is 4. The van der Waals surface area contributed by atoms with Gasteiger partial charge in [0.25, 0.3) is 11.7 Å². The molecule has 0 aromatic carbocycles. The van der Waals surface area contributed by atoms with Crippen molar-refractivity contribution in [3.8, 4) is 0 Å². The minimum atomic E-state index is -2.44. The first-order valence-electron chi connectivity index (χ1n) is 30.7. The first-order chi connectivity index (χ1) is 38.6. The predicted molar refractivity (Wildman–Crippen MR) is 304 cm³/mol. The second-order valence-electron chi connectivity index (χ2n) is 26.2. The monoisotopic (exact) mass is 1130 g/mol. The standard InChI is InChI=1S/C64H96N4O13/c1-38-16-12-11-13-17-39(2)54(76-8)31-50-21-19-44(7)64(75,81-50)60(72)61(73)67-23-15-14-18-51(67)62(74)80-55(32-52(69)40(3)25-43(6)58(71)59(78-10)57(70)42(5)24-38)41(4)26-45-20-22-53(56(30-45)77-9)79-37-49-36-68(66-65-49)63-33-46-27-47(34-63)29-48(28-46)35-63/h11-13,16-17,25,36,38,41-48,50-51,53-56,58-59,71,75H,14-15,18-24,26-35,37H2,1-10H3/b13-11?,16-12?,39-17?,40-25+/t38-,41-,42-,43?,44-,45+,46?,47?,48?,50+,51+,53-,54+,55+,56-,58-,59+,63?,64-/m1/s1. The van der Waals surface area contributed by atoms with Crippen molar-refractivity contribution in [2.45, 2.75) is 231 Å². The van der Waals surface area contributed by atoms with E-state index < -0.39 is 77.8 Å². The molecule has 1 unspecified atom stereocenters. The number of hydrogen-bond acceptors (Lipinski definition) is 15. The van der Waals surface area contributed by atoms with Crippen LogP contribution in [-0.4, -0.2) is 142 Å². The number of cyclic esters (lactones) is 1. The van der Waals surface area contributed by atoms with Crippen LogP contribution in [-0.2, 0) is 64.5 Å². The van der Waals surface area contributed by atoms with Crippen LogP contribution in [0.15, 0.2) is 53.8 Å². The van der Waals surface area contributed by atoms with Gasteiger partial charge in [-0.3, -0.25) is 19.2 Å². The molecule has 1 amide bonds. The summed E-state index contributed by atoms with van der Waals surface area (Å²) in [7, 11) is 4.69. The van der Waals surface area contributed by atoms with Crippen LogP contribution >= 0.6 is 0 Å². The third-order valence-electron chi connectivity index (χ3n) is 19.9. The number of piperidine rings is 1. The summed E-state index contributed by atoms with van der Waals surface area (Å²) < 4.78 is 39.0. The number of methoxy groups -OCH3 is 3. The number of aliphatic hydroxyl groups is 2. The first-order valence-corrected chi connectivity index (χ1v) is 30.7. The molecule has 81 heavy (non-hydrogen) atoms. The van der Waals surface area contributed by atoms with Gasteiger partial charge in [-0.2, -0.15) is 0 Å². The number of aliphatic hydroxyl groups excluding tert-OH is 1. The van der Waals surface area contributed by atoms with E-state index in [2.05, 4.69) is 21.2 Å². The Morgan fingerprint density at radius 2 is 1.53 bits per heavy atom. The van der Waals surface area contributed by atoms with Crippen LogP contribution < -0.4 is 0 Å². The molecule has 17 nitrogen and oxygen atoms in total. The Morgan fingerprint density at radius 3 is 2.21 bits per heavy atom. The summed E-state index contributed by atoms with van der Waals surface area (Å²) in [6, 6.07) is -1.15. The van der Waals surface area contributed by atoms with Gasteiger partial charge in [0.15, 0.2) is 11.6 Å². The molecule has 7 fully saturated rings. The van der Waals surface area contributed by atoms with Crippen molar-refractivity contribution in [3.05, 3.63) is 59.5 Å². The quantitative estimate of drug-likeness (QED) is 0.165. The maximum absolute atomic E-state index is 14.7. The fraction of sp³-hybridized carbons (Fsp3) is 0.766. The molecule has 5 aliphatic carbocycles. The van der Waals surface area contributed by atoms with E-state index in [1.165, 1.54) is 50.5 Å². The number of rotatable bonds is 10. The maximum atomic E-state index is 14.7. The molecule has 450 valence electrons. The second-order valence-corrected chi connectivity index (χ2v) is 26.2. The van der Waals surface area contributed by atoms with Crippen LogP contribution in [0.2, 0.25) is 0 Å². The van der Waals surface area contributed by atoms with E-state index in [1.54, 1.807) is 41.1 Å². The SMILES string of the molecule is CO[C@H]1C[C@@H]2CC[C@@H](C)[C@@](O)(O2)C(=O)C(=O)N2CCCC[C@H]2C(=O)O[C@H]([C@H](C)C[C@@H]2CC[C@@H](OCc3cn(C45CC6CC(CC(C6)C4)C5)nn3)[C@H](OC)C2)CC(=O)/C(C)=C/C(C)[C@@H](O)[C@@H](OC)C(=O)[C@H](C)C[C@H](C)C=CC=CC=C1C. The molecule has 2 saturated heterocycles. The summed E-state index contributed by atoms with van der Waals surface area (Å²) in [5.74, 6) is -5.51. The van der Waals surface area contributed by atoms with Crippen LogP contribution in [0.5, 0.6) is 0 Å². The van der Waals surface area contributed by atoms with E-state index in [9.17, 15) is 34.2 Å². The van der Waals surface area contributed by atoms with Crippen molar-refractivity contribution < 1.29 is 62.6 Å². The van der Waals surface area contributed by atoms with Gasteiger partial charge in [-0.25, -0.2) is 9.48 Å². The van der Waals surface area contributed by atoms with Crippen molar-refractivity contribution in [2.24, 2.45) is 53.3 Å². The van der Waals surface area contributed by atoms with E-state index in [1.807, 2.05) is 58.1 Å². The Labute approximate surface area is 481 Å². The number of ketones is 3. The third kappa shape index (κ3) is 14.8. The van der Waals surface area contributed by atoms with Crippen molar-refractivity contribution in [1.29, 1.82) is 0 Å². The minimum absolute atomic E-state index is 0.0172. The number of Topliss-reactive ketones (excluding diaryl/α,β-unsaturated/α-hetero) is 3. The average Bonchev–Trinajstić information content (AvgIpc) is 4.11. The Hall–Kier alpha value is -4.23. The molecule has 1 aromatic rings. The zero-order valence-corrected chi connectivity index (χ0v) is 50.2. The number of carbonyl (C=O) groups is 5. The van der Waals surface area contributed by atoms with Crippen molar-refractivity contribution in [3.63, 3.8) is 0 Å². The molecular weight excluding hydrogens is 1030 g/mol. The fourth-order valence-corrected chi connectivity index (χ4v) is 15.4. The van der Waals surface area contributed by atoms with E-state index in [0.29, 0.717) is 63.5 Å². The summed E-state index contributed by atoms with van der Waals surface area (Å²) >= 11 is 0. The number of carbonyl (C=O) groups excluding carboxylic acids is 5. The van der Waals surface area contributed by atoms with Crippen LogP contribution in [0.3, 0.4) is 0 Å². The lowest BCUT2D eigenvalue weighted by molar-refractivity contribution is -0.265. The normalized spacial score (nSPS) is 40.1. The zero-order valence-electron chi connectivity index (χ0n) is 50.2. The van der Waals surface area contributed by atoms with Crippen LogP contribution in [0.1, 0.15) is 170 Å². The maximum Gasteiger partial charge on any atom is 0.329 e. The molecule has 4 heterocycles. The van der Waals surface area contributed by atoms with E-state index in [0.717, 1.165) is 41.9 Å². The number of hydrogen-bond donors (Lipinski definition) is 2. The highest BCUT2D eigenvalue weighted by molar-refractivity contribution is 6.39. The van der Waals surface area contributed by atoms with Gasteiger partial charge in [0.1, 0.15) is 23.9 Å². The average molecular weight is 1130 g/mol. The van der Waals surface area contributed by atoms with Gasteiger partial charge in [0.2, 0.25) is 5.79 Å². The van der Waals surface area contributed by atoms with E-state index in [-0.39, 0.29) is 66.5 Å². The van der Waals surface area contributed by atoms with Crippen LogP contribution in [0, 0.1) is 53.3 Å². The Balaban J connectivity index is 0.998. The van der Waals surface area contributed by atoms with Gasteiger partial charge in [-0.1, -0.05) is 76.3 Å². The minimum Gasteiger partial charge on any atom is -0.460 e. The van der Waals surface area contributed by atoms with Gasteiger partial charge >= 0.3 is 5.97 Å². The lowest BCUT2D eigenvalue weighted by Gasteiger charge is -2.56. The zero-order chi connectivity index (χ0) is 58.3. The Morgan fingerprint density at radius 1 is 0.815 bits per heavy atom. The highest BCUT2D eigenvalue weighted by atomic mass is 16.6. The highest BCUT2D eigenvalue weighted by Crippen LogP contribution is 2.58. The Bertz CT molecular complexity index is 2450. The lowest BCUT2D eigenvalue weighted by atomic mass is 9.53. The lowest BCUT2D eigenvalue weighted by Crippen LogP contribution is -2.61. The highest BCUT2D eigenvalue weighted by Gasteiger charge is 2.54. The topological polar surface area (TPSA) is 215 Å². The largest absolute Gasteiger partial charge is 0.460 e. The number of esters is 1. The molecule has 0 radical (unpaired) electrons. The van der Waals surface area contributed by atoms with Gasteiger partial charge in [-0.15, -0.1) is 5.10 Å². The van der Waals surface area contributed by atoms with Crippen LogP contribution in [0.4, 0.5) is 0 Å². The summed E-state index contributed by atoms with van der Waals surface area (Å²) in [6.45, 7) is 13.2. The third-order valence-corrected chi connectivity index (χ3v) is 19.9. The fourth-order valence-electron chi connectivity index (χ4n) is 15.4. The molecule has 1 aromatic heterocycles. The van der Waals surface area contributed by atoms with E-state index >= 15 is 0 Å². The summed E-state index contributed by atoms with van der Waals surface area (Å²) in [6.07, 6.45) is 22.0. The molecule has 8 aliphatic rings.